The fourth-order valence-corrected chi connectivity index (χ4v) is 2.84. The van der Waals surface area contributed by atoms with Crippen molar-refractivity contribution in [3.63, 3.8) is 0 Å². The average Bonchev–Trinajstić information content (AvgIpc) is 2.71. The van der Waals surface area contributed by atoms with E-state index in [1.807, 2.05) is 12.1 Å². The molecule has 1 aromatic carbocycles. The predicted octanol–water partition coefficient (Wildman–Crippen LogP) is 2.60. The van der Waals surface area contributed by atoms with Gasteiger partial charge in [-0.25, -0.2) is 0 Å². The van der Waals surface area contributed by atoms with E-state index in [1.165, 1.54) is 0 Å². The second-order valence-electron chi connectivity index (χ2n) is 5.19. The first-order valence-corrected chi connectivity index (χ1v) is 6.51. The summed E-state index contributed by atoms with van der Waals surface area (Å²) in [4.78, 5) is 4.61. The summed E-state index contributed by atoms with van der Waals surface area (Å²) < 4.78 is 0. The second-order valence-corrected chi connectivity index (χ2v) is 5.60. The molecule has 2 atom stereocenters. The number of hydrogen-bond donors (Lipinski definition) is 0. The van der Waals surface area contributed by atoms with Crippen LogP contribution in [0.25, 0.3) is 0 Å². The third-order valence-corrected chi connectivity index (χ3v) is 3.99. The van der Waals surface area contributed by atoms with Crippen LogP contribution in [-0.2, 0) is 0 Å². The summed E-state index contributed by atoms with van der Waals surface area (Å²) in [5, 5.41) is 9.41. The van der Waals surface area contributed by atoms with E-state index in [1.54, 1.807) is 6.07 Å². The third kappa shape index (κ3) is 2.45. The molecule has 0 amide bonds. The Kier molecular flexibility index (Phi) is 3.79. The summed E-state index contributed by atoms with van der Waals surface area (Å²) >= 11 is 6.08. The zero-order valence-electron chi connectivity index (χ0n) is 11.0. The Balaban J connectivity index is 2.19. The molecule has 0 spiro atoms. The first kappa shape index (κ1) is 13.2. The number of nitrogens with zero attached hydrogens (tertiary/aromatic N) is 3. The maximum Gasteiger partial charge on any atom is 0.101 e. The van der Waals surface area contributed by atoms with Gasteiger partial charge in [0, 0.05) is 24.8 Å². The molecular formula is C14H18ClN3. The predicted molar refractivity (Wildman–Crippen MR) is 75.0 cm³/mol. The van der Waals surface area contributed by atoms with Crippen LogP contribution < -0.4 is 4.90 Å². The molecule has 0 radical (unpaired) electrons. The molecule has 1 aliphatic heterocycles. The van der Waals surface area contributed by atoms with Crippen LogP contribution in [0.3, 0.4) is 0 Å². The highest BCUT2D eigenvalue weighted by Gasteiger charge is 2.31. The minimum atomic E-state index is 0.538. The van der Waals surface area contributed by atoms with Crippen LogP contribution in [0.2, 0.25) is 5.02 Å². The lowest BCUT2D eigenvalue weighted by Gasteiger charge is -2.23. The summed E-state index contributed by atoms with van der Waals surface area (Å²) in [6.07, 6.45) is 0. The van der Waals surface area contributed by atoms with E-state index in [2.05, 4.69) is 36.9 Å². The molecule has 2 rings (SSSR count). The van der Waals surface area contributed by atoms with Gasteiger partial charge in [-0.2, -0.15) is 5.26 Å². The molecule has 3 nitrogen and oxygen atoms in total. The van der Waals surface area contributed by atoms with Crippen molar-refractivity contribution in [2.75, 3.05) is 32.1 Å². The minimum absolute atomic E-state index is 0.538. The normalized spacial score (nSPS) is 23.4. The summed E-state index contributed by atoms with van der Waals surface area (Å²) in [5.41, 5.74) is 1.65. The maximum atomic E-state index is 8.88. The van der Waals surface area contributed by atoms with Crippen molar-refractivity contribution >= 4 is 17.3 Å². The van der Waals surface area contributed by atoms with Crippen LogP contribution in [0.4, 0.5) is 5.69 Å². The molecular weight excluding hydrogens is 246 g/mol. The molecule has 18 heavy (non-hydrogen) atoms. The van der Waals surface area contributed by atoms with Gasteiger partial charge in [-0.15, -0.1) is 0 Å². The van der Waals surface area contributed by atoms with E-state index in [0.717, 1.165) is 18.8 Å². The van der Waals surface area contributed by atoms with Gasteiger partial charge in [0.05, 0.1) is 10.6 Å². The fraction of sp³-hybridized carbons (Fsp3) is 0.500. The summed E-state index contributed by atoms with van der Waals surface area (Å²) in [5.74, 6) is 0.634. The number of benzene rings is 1. The Morgan fingerprint density at radius 1 is 1.39 bits per heavy atom. The van der Waals surface area contributed by atoms with E-state index in [-0.39, 0.29) is 0 Å². The molecule has 0 aromatic heterocycles. The van der Waals surface area contributed by atoms with Crippen molar-refractivity contribution in [3.8, 4) is 6.07 Å². The Hall–Kier alpha value is -1.24. The monoisotopic (exact) mass is 263 g/mol. The van der Waals surface area contributed by atoms with Crippen molar-refractivity contribution in [1.29, 1.82) is 5.26 Å². The van der Waals surface area contributed by atoms with Crippen LogP contribution in [0.5, 0.6) is 0 Å². The third-order valence-electron chi connectivity index (χ3n) is 3.67. The topological polar surface area (TPSA) is 30.3 Å². The number of rotatable bonds is 2. The SMILES string of the molecule is CC1CN(c2ccc(C#N)c(Cl)c2)CC1N(C)C. The van der Waals surface area contributed by atoms with E-state index in [9.17, 15) is 0 Å². The number of nitriles is 1. The molecule has 1 aromatic rings. The average molecular weight is 264 g/mol. The highest BCUT2D eigenvalue weighted by Crippen LogP contribution is 2.29. The molecule has 1 heterocycles. The van der Waals surface area contributed by atoms with Gasteiger partial charge in [0.1, 0.15) is 6.07 Å². The zero-order valence-corrected chi connectivity index (χ0v) is 11.8. The van der Waals surface area contributed by atoms with Gasteiger partial charge < -0.3 is 9.80 Å². The molecule has 0 saturated carbocycles. The summed E-state index contributed by atoms with van der Waals surface area (Å²) in [6.45, 7) is 4.32. The van der Waals surface area contributed by atoms with Gasteiger partial charge in [0.15, 0.2) is 0 Å². The molecule has 4 heteroatoms. The highest BCUT2D eigenvalue weighted by molar-refractivity contribution is 6.32. The van der Waals surface area contributed by atoms with Crippen LogP contribution in [0.15, 0.2) is 18.2 Å². The number of hydrogen-bond acceptors (Lipinski definition) is 3. The van der Waals surface area contributed by atoms with E-state index >= 15 is 0 Å². The van der Waals surface area contributed by atoms with Crippen molar-refractivity contribution < 1.29 is 0 Å². The van der Waals surface area contributed by atoms with Crippen molar-refractivity contribution in [2.45, 2.75) is 13.0 Å². The largest absolute Gasteiger partial charge is 0.370 e. The maximum absolute atomic E-state index is 8.88. The molecule has 1 fully saturated rings. The van der Waals surface area contributed by atoms with Gasteiger partial charge in [-0.05, 0) is 38.2 Å². The fourth-order valence-electron chi connectivity index (χ4n) is 2.62. The highest BCUT2D eigenvalue weighted by atomic mass is 35.5. The van der Waals surface area contributed by atoms with Gasteiger partial charge >= 0.3 is 0 Å². The van der Waals surface area contributed by atoms with Crippen LogP contribution in [0.1, 0.15) is 12.5 Å². The Morgan fingerprint density at radius 3 is 2.61 bits per heavy atom. The quantitative estimate of drug-likeness (QED) is 0.822. The van der Waals surface area contributed by atoms with Gasteiger partial charge in [-0.1, -0.05) is 18.5 Å². The molecule has 0 bridgehead atoms. The Morgan fingerprint density at radius 2 is 2.11 bits per heavy atom. The summed E-state index contributed by atoms with van der Waals surface area (Å²) in [7, 11) is 4.24. The van der Waals surface area contributed by atoms with Crippen LogP contribution in [-0.4, -0.2) is 38.1 Å². The van der Waals surface area contributed by atoms with Crippen molar-refractivity contribution in [3.05, 3.63) is 28.8 Å². The number of likely N-dealkylation sites (N-methyl/N-ethyl adjacent to an activating group) is 1. The standard InChI is InChI=1S/C14H18ClN3/c1-10-8-18(9-14(10)17(2)3)12-5-4-11(7-16)13(15)6-12/h4-6,10,14H,8-9H2,1-3H3. The molecule has 1 aliphatic rings. The first-order chi connectivity index (χ1) is 8.52. The molecule has 2 unspecified atom stereocenters. The van der Waals surface area contributed by atoms with Crippen LogP contribution in [0, 0.1) is 17.2 Å². The number of halogens is 1. The first-order valence-electron chi connectivity index (χ1n) is 6.14. The van der Waals surface area contributed by atoms with Crippen molar-refractivity contribution in [1.82, 2.24) is 4.90 Å². The van der Waals surface area contributed by atoms with E-state index < -0.39 is 0 Å². The Labute approximate surface area is 114 Å². The molecule has 0 aliphatic carbocycles. The molecule has 96 valence electrons. The lowest BCUT2D eigenvalue weighted by atomic mass is 10.1. The molecule has 1 saturated heterocycles. The van der Waals surface area contributed by atoms with Crippen LogP contribution >= 0.6 is 11.6 Å². The van der Waals surface area contributed by atoms with Gasteiger partial charge in [-0.3, -0.25) is 0 Å². The van der Waals surface area contributed by atoms with Gasteiger partial charge in [0.25, 0.3) is 0 Å². The smallest absolute Gasteiger partial charge is 0.101 e. The Bertz CT molecular complexity index is 478. The van der Waals surface area contributed by atoms with E-state index in [0.29, 0.717) is 22.5 Å². The zero-order chi connectivity index (χ0) is 13.3. The number of anilines is 1. The van der Waals surface area contributed by atoms with Gasteiger partial charge in [0.2, 0.25) is 0 Å². The second kappa shape index (κ2) is 5.17. The molecule has 0 N–H and O–H groups in total. The lowest BCUT2D eigenvalue weighted by Crippen LogP contribution is -2.34. The minimum Gasteiger partial charge on any atom is -0.370 e. The summed E-state index contributed by atoms with van der Waals surface area (Å²) in [6, 6.07) is 8.33. The van der Waals surface area contributed by atoms with E-state index in [4.69, 9.17) is 16.9 Å². The lowest BCUT2D eigenvalue weighted by molar-refractivity contribution is 0.266. The van der Waals surface area contributed by atoms with Crippen molar-refractivity contribution in [2.24, 2.45) is 5.92 Å².